The molecule has 0 aliphatic carbocycles. The van der Waals surface area contributed by atoms with E-state index >= 15 is 0 Å². The van der Waals surface area contributed by atoms with Gasteiger partial charge in [0, 0.05) is 12.8 Å². The van der Waals surface area contributed by atoms with E-state index in [1.807, 2.05) is 18.3 Å². The smallest absolute Gasteiger partial charge is 0.141 e. The Labute approximate surface area is 115 Å². The van der Waals surface area contributed by atoms with E-state index in [4.69, 9.17) is 9.47 Å². The molecule has 1 aromatic rings. The lowest BCUT2D eigenvalue weighted by Gasteiger charge is -2.22. The number of nitrogens with zero attached hydrogens (tertiary/aromatic N) is 1. The van der Waals surface area contributed by atoms with Gasteiger partial charge in [-0.1, -0.05) is 6.92 Å². The third kappa shape index (κ3) is 3.91. The monoisotopic (exact) mass is 264 g/mol. The molecule has 106 valence electrons. The Bertz CT molecular complexity index is 378. The fraction of sp³-hybridized carbons (Fsp3) is 0.667. The van der Waals surface area contributed by atoms with Gasteiger partial charge in [-0.25, -0.2) is 0 Å². The fourth-order valence-corrected chi connectivity index (χ4v) is 2.54. The first-order valence-electron chi connectivity index (χ1n) is 7.19. The molecule has 2 rings (SSSR count). The van der Waals surface area contributed by atoms with Crippen LogP contribution in [0.4, 0.5) is 0 Å². The van der Waals surface area contributed by atoms with Crippen LogP contribution in [0.2, 0.25) is 0 Å². The second kappa shape index (κ2) is 7.46. The molecule has 0 saturated carbocycles. The molecule has 2 heterocycles. The summed E-state index contributed by atoms with van der Waals surface area (Å²) in [6, 6.07) is 4.09. The summed E-state index contributed by atoms with van der Waals surface area (Å²) in [5, 5.41) is 3.56. The number of rotatable bonds is 7. The summed E-state index contributed by atoms with van der Waals surface area (Å²) in [5.74, 6) is 0.856. The topological polar surface area (TPSA) is 43.4 Å². The summed E-state index contributed by atoms with van der Waals surface area (Å²) in [4.78, 5) is 4.50. The summed E-state index contributed by atoms with van der Waals surface area (Å²) in [6.07, 6.45) is 6.57. The molecule has 0 spiro atoms. The zero-order chi connectivity index (χ0) is 13.5. The summed E-state index contributed by atoms with van der Waals surface area (Å²) >= 11 is 0. The van der Waals surface area contributed by atoms with E-state index in [1.54, 1.807) is 7.11 Å². The Balaban J connectivity index is 2.10. The van der Waals surface area contributed by atoms with Gasteiger partial charge in [-0.3, -0.25) is 4.98 Å². The molecule has 0 aromatic carbocycles. The second-order valence-electron chi connectivity index (χ2n) is 4.97. The Hall–Kier alpha value is -1.13. The van der Waals surface area contributed by atoms with Crippen LogP contribution in [0.1, 0.15) is 44.3 Å². The van der Waals surface area contributed by atoms with Gasteiger partial charge < -0.3 is 14.8 Å². The van der Waals surface area contributed by atoms with Crippen LogP contribution in [0.3, 0.4) is 0 Å². The van der Waals surface area contributed by atoms with Crippen LogP contribution in [0, 0.1) is 0 Å². The van der Waals surface area contributed by atoms with E-state index in [-0.39, 0.29) is 6.04 Å². The molecule has 4 nitrogen and oxygen atoms in total. The second-order valence-corrected chi connectivity index (χ2v) is 4.97. The standard InChI is InChI=1S/C15H24N2O2/c1-3-8-16-13(11-12-6-5-10-19-12)15-14(18-2)7-4-9-17-15/h4,7,9,12-13,16H,3,5-6,8,10-11H2,1-2H3. The van der Waals surface area contributed by atoms with Crippen LogP contribution >= 0.6 is 0 Å². The first kappa shape index (κ1) is 14.3. The van der Waals surface area contributed by atoms with Gasteiger partial charge in [0.15, 0.2) is 0 Å². The number of aromatic nitrogens is 1. The number of pyridine rings is 1. The maximum Gasteiger partial charge on any atom is 0.141 e. The minimum absolute atomic E-state index is 0.208. The number of ether oxygens (including phenoxy) is 2. The summed E-state index contributed by atoms with van der Waals surface area (Å²) < 4.78 is 11.2. The van der Waals surface area contributed by atoms with Gasteiger partial charge in [0.25, 0.3) is 0 Å². The Morgan fingerprint density at radius 2 is 2.47 bits per heavy atom. The normalized spacial score (nSPS) is 20.4. The molecular formula is C15H24N2O2. The summed E-state index contributed by atoms with van der Waals surface area (Å²) in [5.41, 5.74) is 0.994. The van der Waals surface area contributed by atoms with Crippen molar-refractivity contribution in [2.75, 3.05) is 20.3 Å². The van der Waals surface area contributed by atoms with Crippen molar-refractivity contribution in [2.24, 2.45) is 0 Å². The van der Waals surface area contributed by atoms with Gasteiger partial charge in [0.2, 0.25) is 0 Å². The zero-order valence-electron chi connectivity index (χ0n) is 11.9. The van der Waals surface area contributed by atoms with Gasteiger partial charge in [-0.15, -0.1) is 0 Å². The predicted molar refractivity (Wildman–Crippen MR) is 75.4 cm³/mol. The Kier molecular flexibility index (Phi) is 5.61. The van der Waals surface area contributed by atoms with E-state index in [0.29, 0.717) is 6.10 Å². The lowest BCUT2D eigenvalue weighted by atomic mass is 10.0. The molecule has 0 bridgehead atoms. The summed E-state index contributed by atoms with van der Waals surface area (Å²) in [6.45, 7) is 4.05. The predicted octanol–water partition coefficient (Wildman–Crippen LogP) is 2.70. The van der Waals surface area contributed by atoms with Gasteiger partial charge in [-0.2, -0.15) is 0 Å². The van der Waals surface area contributed by atoms with E-state index in [0.717, 1.165) is 43.9 Å². The lowest BCUT2D eigenvalue weighted by molar-refractivity contribution is 0.0938. The molecule has 2 unspecified atom stereocenters. The highest BCUT2D eigenvalue weighted by atomic mass is 16.5. The van der Waals surface area contributed by atoms with E-state index in [2.05, 4.69) is 17.2 Å². The Morgan fingerprint density at radius 1 is 1.58 bits per heavy atom. The molecule has 0 amide bonds. The quantitative estimate of drug-likeness (QED) is 0.822. The Morgan fingerprint density at radius 3 is 3.16 bits per heavy atom. The van der Waals surface area contributed by atoms with Crippen molar-refractivity contribution in [3.63, 3.8) is 0 Å². The largest absolute Gasteiger partial charge is 0.495 e. The van der Waals surface area contributed by atoms with Crippen molar-refractivity contribution in [3.8, 4) is 5.75 Å². The average Bonchev–Trinajstić information content (AvgIpc) is 2.96. The van der Waals surface area contributed by atoms with Crippen molar-refractivity contribution < 1.29 is 9.47 Å². The molecule has 1 aliphatic heterocycles. The van der Waals surface area contributed by atoms with Crippen LogP contribution in [0.15, 0.2) is 18.3 Å². The zero-order valence-corrected chi connectivity index (χ0v) is 11.9. The van der Waals surface area contributed by atoms with Crippen molar-refractivity contribution in [2.45, 2.75) is 44.8 Å². The lowest BCUT2D eigenvalue weighted by Crippen LogP contribution is -2.27. The molecule has 4 heteroatoms. The maximum absolute atomic E-state index is 5.75. The molecular weight excluding hydrogens is 240 g/mol. The fourth-order valence-electron chi connectivity index (χ4n) is 2.54. The molecule has 1 saturated heterocycles. The number of nitrogens with one attached hydrogen (secondary N) is 1. The maximum atomic E-state index is 5.75. The molecule has 1 N–H and O–H groups in total. The summed E-state index contributed by atoms with van der Waals surface area (Å²) in [7, 11) is 1.70. The van der Waals surface area contributed by atoms with Crippen molar-refractivity contribution >= 4 is 0 Å². The van der Waals surface area contributed by atoms with Crippen molar-refractivity contribution in [3.05, 3.63) is 24.0 Å². The van der Waals surface area contributed by atoms with Crippen LogP contribution in [0.25, 0.3) is 0 Å². The van der Waals surface area contributed by atoms with Crippen LogP contribution in [-0.2, 0) is 4.74 Å². The molecule has 0 radical (unpaired) electrons. The van der Waals surface area contributed by atoms with Gasteiger partial charge in [0.05, 0.1) is 24.9 Å². The number of hydrogen-bond donors (Lipinski definition) is 1. The minimum Gasteiger partial charge on any atom is -0.495 e. The average molecular weight is 264 g/mol. The highest BCUT2D eigenvalue weighted by molar-refractivity contribution is 5.29. The SMILES string of the molecule is CCCNC(CC1CCCO1)c1ncccc1OC. The van der Waals surface area contributed by atoms with E-state index in [9.17, 15) is 0 Å². The van der Waals surface area contributed by atoms with Crippen molar-refractivity contribution in [1.82, 2.24) is 10.3 Å². The van der Waals surface area contributed by atoms with E-state index in [1.165, 1.54) is 6.42 Å². The highest BCUT2D eigenvalue weighted by Gasteiger charge is 2.24. The first-order valence-corrected chi connectivity index (χ1v) is 7.19. The minimum atomic E-state index is 0.208. The number of hydrogen-bond acceptors (Lipinski definition) is 4. The third-order valence-corrected chi connectivity index (χ3v) is 3.51. The molecule has 1 aromatic heterocycles. The van der Waals surface area contributed by atoms with Gasteiger partial charge >= 0.3 is 0 Å². The molecule has 19 heavy (non-hydrogen) atoms. The highest BCUT2D eigenvalue weighted by Crippen LogP contribution is 2.29. The van der Waals surface area contributed by atoms with Crippen LogP contribution < -0.4 is 10.1 Å². The molecule has 1 aliphatic rings. The van der Waals surface area contributed by atoms with Crippen LogP contribution in [-0.4, -0.2) is 31.3 Å². The van der Waals surface area contributed by atoms with Gasteiger partial charge in [0.1, 0.15) is 5.75 Å². The first-order chi connectivity index (χ1) is 9.35. The van der Waals surface area contributed by atoms with Crippen LogP contribution in [0.5, 0.6) is 5.75 Å². The third-order valence-electron chi connectivity index (χ3n) is 3.51. The van der Waals surface area contributed by atoms with E-state index < -0.39 is 0 Å². The number of methoxy groups -OCH3 is 1. The molecule has 1 fully saturated rings. The molecule has 2 atom stereocenters. The van der Waals surface area contributed by atoms with Gasteiger partial charge in [-0.05, 0) is 44.4 Å². The van der Waals surface area contributed by atoms with Crippen molar-refractivity contribution in [1.29, 1.82) is 0 Å².